The van der Waals surface area contributed by atoms with Gasteiger partial charge >= 0.3 is 5.97 Å². The van der Waals surface area contributed by atoms with Crippen molar-refractivity contribution in [2.24, 2.45) is 5.92 Å². The standard InChI is InChI=1S/C14H19NO3/c1-9-10(4-3-5-13(9)18-2)8-15-12-6-11(7-12)14(16)17/h3-5,11-12,15H,6-8H2,1-2H3,(H,16,17). The minimum absolute atomic E-state index is 0.158. The first-order valence-electron chi connectivity index (χ1n) is 6.20. The van der Waals surface area contributed by atoms with Gasteiger partial charge in [-0.15, -0.1) is 0 Å². The van der Waals surface area contributed by atoms with E-state index in [0.29, 0.717) is 6.04 Å². The van der Waals surface area contributed by atoms with Crippen molar-refractivity contribution >= 4 is 5.97 Å². The largest absolute Gasteiger partial charge is 0.496 e. The van der Waals surface area contributed by atoms with E-state index in [1.54, 1.807) is 7.11 Å². The normalized spacial score (nSPS) is 22.3. The maximum absolute atomic E-state index is 10.7. The van der Waals surface area contributed by atoms with Gasteiger partial charge in [0.25, 0.3) is 0 Å². The molecular weight excluding hydrogens is 230 g/mol. The SMILES string of the molecule is COc1cccc(CNC2CC(C(=O)O)C2)c1C. The topological polar surface area (TPSA) is 58.6 Å². The van der Waals surface area contributed by atoms with Gasteiger partial charge in [-0.2, -0.15) is 0 Å². The molecule has 98 valence electrons. The summed E-state index contributed by atoms with van der Waals surface area (Å²) in [5.41, 5.74) is 2.34. The molecule has 4 heteroatoms. The molecule has 2 N–H and O–H groups in total. The molecule has 0 aromatic heterocycles. The molecule has 0 saturated heterocycles. The summed E-state index contributed by atoms with van der Waals surface area (Å²) < 4.78 is 5.28. The van der Waals surface area contributed by atoms with Gasteiger partial charge in [-0.05, 0) is 37.0 Å². The molecule has 18 heavy (non-hydrogen) atoms. The molecular formula is C14H19NO3. The van der Waals surface area contributed by atoms with Crippen LogP contribution >= 0.6 is 0 Å². The van der Waals surface area contributed by atoms with Crippen LogP contribution in [0.1, 0.15) is 24.0 Å². The fraction of sp³-hybridized carbons (Fsp3) is 0.500. The Morgan fingerprint density at radius 2 is 2.22 bits per heavy atom. The zero-order chi connectivity index (χ0) is 13.1. The van der Waals surface area contributed by atoms with E-state index < -0.39 is 5.97 Å². The van der Waals surface area contributed by atoms with Crippen LogP contribution in [0, 0.1) is 12.8 Å². The maximum atomic E-state index is 10.7. The van der Waals surface area contributed by atoms with Crippen molar-refractivity contribution in [3.63, 3.8) is 0 Å². The monoisotopic (exact) mass is 249 g/mol. The number of benzene rings is 1. The summed E-state index contributed by atoms with van der Waals surface area (Å²) in [7, 11) is 1.67. The van der Waals surface area contributed by atoms with E-state index >= 15 is 0 Å². The highest BCUT2D eigenvalue weighted by molar-refractivity contribution is 5.71. The first-order valence-corrected chi connectivity index (χ1v) is 6.20. The summed E-state index contributed by atoms with van der Waals surface area (Å²) in [5, 5.41) is 12.2. The number of aliphatic carboxylic acids is 1. The minimum atomic E-state index is -0.675. The summed E-state index contributed by atoms with van der Waals surface area (Å²) in [5.74, 6) is 0.0610. The lowest BCUT2D eigenvalue weighted by Gasteiger charge is -2.33. The molecule has 1 aliphatic carbocycles. The van der Waals surface area contributed by atoms with Crippen molar-refractivity contribution in [2.45, 2.75) is 32.4 Å². The van der Waals surface area contributed by atoms with Crippen molar-refractivity contribution in [1.82, 2.24) is 5.32 Å². The second-order valence-corrected chi connectivity index (χ2v) is 4.83. The lowest BCUT2D eigenvalue weighted by Crippen LogP contribution is -2.43. The first kappa shape index (κ1) is 12.9. The maximum Gasteiger partial charge on any atom is 0.306 e. The molecule has 1 aliphatic rings. The molecule has 0 aliphatic heterocycles. The third-order valence-corrected chi connectivity index (χ3v) is 3.68. The molecule has 0 amide bonds. The second-order valence-electron chi connectivity index (χ2n) is 4.83. The van der Waals surface area contributed by atoms with Crippen LogP contribution in [0.2, 0.25) is 0 Å². The van der Waals surface area contributed by atoms with Crippen molar-refractivity contribution in [2.75, 3.05) is 7.11 Å². The average molecular weight is 249 g/mol. The van der Waals surface area contributed by atoms with Crippen molar-refractivity contribution < 1.29 is 14.6 Å². The number of ether oxygens (including phenoxy) is 1. The van der Waals surface area contributed by atoms with E-state index in [1.807, 2.05) is 19.1 Å². The Morgan fingerprint density at radius 3 is 2.83 bits per heavy atom. The number of rotatable bonds is 5. The van der Waals surface area contributed by atoms with E-state index in [4.69, 9.17) is 9.84 Å². The molecule has 0 radical (unpaired) electrons. The molecule has 0 bridgehead atoms. The zero-order valence-electron chi connectivity index (χ0n) is 10.8. The third-order valence-electron chi connectivity index (χ3n) is 3.68. The Bertz CT molecular complexity index is 439. The molecule has 0 atom stereocenters. The lowest BCUT2D eigenvalue weighted by atomic mass is 9.80. The Balaban J connectivity index is 1.86. The highest BCUT2D eigenvalue weighted by Crippen LogP contribution is 2.28. The predicted octanol–water partition coefficient (Wildman–Crippen LogP) is 1.96. The number of nitrogens with one attached hydrogen (secondary N) is 1. The number of hydrogen-bond acceptors (Lipinski definition) is 3. The summed E-state index contributed by atoms with van der Waals surface area (Å²) in [6.07, 6.45) is 1.47. The summed E-state index contributed by atoms with van der Waals surface area (Å²) >= 11 is 0. The van der Waals surface area contributed by atoms with Gasteiger partial charge in [-0.25, -0.2) is 0 Å². The van der Waals surface area contributed by atoms with Gasteiger partial charge in [0.15, 0.2) is 0 Å². The van der Waals surface area contributed by atoms with Gasteiger partial charge in [-0.3, -0.25) is 4.79 Å². The number of carbonyl (C=O) groups is 1. The smallest absolute Gasteiger partial charge is 0.306 e. The fourth-order valence-corrected chi connectivity index (χ4v) is 2.31. The Labute approximate surface area is 107 Å². The van der Waals surface area contributed by atoms with Crippen LogP contribution in [0.25, 0.3) is 0 Å². The average Bonchev–Trinajstić information content (AvgIpc) is 2.28. The van der Waals surface area contributed by atoms with E-state index in [2.05, 4.69) is 11.4 Å². The summed E-state index contributed by atoms with van der Waals surface area (Å²) in [4.78, 5) is 10.7. The summed E-state index contributed by atoms with van der Waals surface area (Å²) in [6, 6.07) is 6.32. The van der Waals surface area contributed by atoms with E-state index in [0.717, 1.165) is 30.7 Å². The highest BCUT2D eigenvalue weighted by Gasteiger charge is 2.33. The van der Waals surface area contributed by atoms with Crippen LogP contribution in [0.4, 0.5) is 0 Å². The number of carboxylic acid groups (broad SMARTS) is 1. The van der Waals surface area contributed by atoms with Crippen molar-refractivity contribution in [3.05, 3.63) is 29.3 Å². The van der Waals surface area contributed by atoms with Crippen molar-refractivity contribution in [1.29, 1.82) is 0 Å². The minimum Gasteiger partial charge on any atom is -0.496 e. The first-order chi connectivity index (χ1) is 8.61. The predicted molar refractivity (Wildman–Crippen MR) is 68.7 cm³/mol. The van der Waals surface area contributed by atoms with E-state index in [9.17, 15) is 4.79 Å². The van der Waals surface area contributed by atoms with Gasteiger partial charge < -0.3 is 15.2 Å². The van der Waals surface area contributed by atoms with Crippen molar-refractivity contribution in [3.8, 4) is 5.75 Å². The van der Waals surface area contributed by atoms with E-state index in [-0.39, 0.29) is 5.92 Å². The van der Waals surface area contributed by atoms with Crippen LogP contribution in [-0.4, -0.2) is 24.2 Å². The molecule has 2 rings (SSSR count). The molecule has 0 heterocycles. The van der Waals surface area contributed by atoms with Crippen LogP contribution in [0.5, 0.6) is 5.75 Å². The molecule has 1 fully saturated rings. The van der Waals surface area contributed by atoms with Crippen LogP contribution in [-0.2, 0) is 11.3 Å². The van der Waals surface area contributed by atoms with Crippen LogP contribution in [0.15, 0.2) is 18.2 Å². The summed E-state index contributed by atoms with van der Waals surface area (Å²) in [6.45, 7) is 2.80. The molecule has 1 aromatic carbocycles. The Morgan fingerprint density at radius 1 is 1.50 bits per heavy atom. The van der Waals surface area contributed by atoms with E-state index in [1.165, 1.54) is 5.56 Å². The van der Waals surface area contributed by atoms with Crippen LogP contribution in [0.3, 0.4) is 0 Å². The third kappa shape index (κ3) is 2.64. The zero-order valence-corrected chi connectivity index (χ0v) is 10.8. The second kappa shape index (κ2) is 5.40. The van der Waals surface area contributed by atoms with Gasteiger partial charge in [0.05, 0.1) is 13.0 Å². The molecule has 1 saturated carbocycles. The number of methoxy groups -OCH3 is 1. The molecule has 0 unspecified atom stereocenters. The highest BCUT2D eigenvalue weighted by atomic mass is 16.5. The molecule has 0 spiro atoms. The van der Waals surface area contributed by atoms with Gasteiger partial charge in [-0.1, -0.05) is 12.1 Å². The van der Waals surface area contributed by atoms with Gasteiger partial charge in [0.2, 0.25) is 0 Å². The Hall–Kier alpha value is -1.55. The number of carboxylic acids is 1. The lowest BCUT2D eigenvalue weighted by molar-refractivity contribution is -0.145. The molecule has 4 nitrogen and oxygen atoms in total. The quantitative estimate of drug-likeness (QED) is 0.837. The number of hydrogen-bond donors (Lipinski definition) is 2. The van der Waals surface area contributed by atoms with Crippen LogP contribution < -0.4 is 10.1 Å². The fourth-order valence-electron chi connectivity index (χ4n) is 2.31. The van der Waals surface area contributed by atoms with Gasteiger partial charge in [0, 0.05) is 12.6 Å². The molecule has 1 aromatic rings. The van der Waals surface area contributed by atoms with Gasteiger partial charge in [0.1, 0.15) is 5.75 Å². The Kier molecular flexibility index (Phi) is 3.87.